The number of hydrogen-bond donors (Lipinski definition) is 3. The van der Waals surface area contributed by atoms with Crippen molar-refractivity contribution in [2.45, 2.75) is 45.3 Å². The lowest BCUT2D eigenvalue weighted by atomic mass is 10.1. The molecule has 18 heavy (non-hydrogen) atoms. The topological polar surface area (TPSA) is 113 Å². The summed E-state index contributed by atoms with van der Waals surface area (Å²) >= 11 is 0. The SMILES string of the molecule is CC(C)(C)OC(=O)CN[C@@H](CCC(=O)O)C(=O)O. The highest BCUT2D eigenvalue weighted by Gasteiger charge is 2.21. The molecule has 0 fully saturated rings. The summed E-state index contributed by atoms with van der Waals surface area (Å²) in [4.78, 5) is 32.5. The van der Waals surface area contributed by atoms with Crippen LogP contribution in [0.1, 0.15) is 33.6 Å². The lowest BCUT2D eigenvalue weighted by molar-refractivity contribution is -0.154. The Kier molecular flexibility index (Phi) is 6.32. The first kappa shape index (κ1) is 16.4. The van der Waals surface area contributed by atoms with Crippen LogP contribution in [-0.4, -0.2) is 46.3 Å². The molecule has 0 heterocycles. The number of nitrogens with one attached hydrogen (secondary N) is 1. The Morgan fingerprint density at radius 1 is 1.22 bits per heavy atom. The fourth-order valence-electron chi connectivity index (χ4n) is 1.16. The van der Waals surface area contributed by atoms with Crippen LogP contribution in [0.2, 0.25) is 0 Å². The van der Waals surface area contributed by atoms with Gasteiger partial charge in [0.15, 0.2) is 0 Å². The first-order valence-electron chi connectivity index (χ1n) is 5.51. The molecule has 104 valence electrons. The minimum Gasteiger partial charge on any atom is -0.481 e. The van der Waals surface area contributed by atoms with E-state index >= 15 is 0 Å². The first-order valence-corrected chi connectivity index (χ1v) is 5.51. The average Bonchev–Trinajstić information content (AvgIpc) is 2.13. The number of ether oxygens (including phenoxy) is 1. The number of aliphatic carboxylic acids is 2. The summed E-state index contributed by atoms with van der Waals surface area (Å²) in [6.45, 7) is 4.83. The molecule has 0 rings (SSSR count). The van der Waals surface area contributed by atoms with Crippen molar-refractivity contribution < 1.29 is 29.3 Å². The summed E-state index contributed by atoms with van der Waals surface area (Å²) in [7, 11) is 0. The van der Waals surface area contributed by atoms with Gasteiger partial charge in [-0.15, -0.1) is 0 Å². The normalized spacial score (nSPS) is 12.8. The monoisotopic (exact) mass is 261 g/mol. The standard InChI is InChI=1S/C11H19NO6/c1-11(2,3)18-9(15)6-12-7(10(16)17)4-5-8(13)14/h7,12H,4-6H2,1-3H3,(H,13,14)(H,16,17)/t7-/m0/s1. The maximum atomic E-state index is 11.3. The van der Waals surface area contributed by atoms with Crippen molar-refractivity contribution in [1.29, 1.82) is 0 Å². The fraction of sp³-hybridized carbons (Fsp3) is 0.727. The Bertz CT molecular complexity index is 320. The smallest absolute Gasteiger partial charge is 0.320 e. The first-order chi connectivity index (χ1) is 8.11. The molecular formula is C11H19NO6. The Labute approximate surface area is 105 Å². The van der Waals surface area contributed by atoms with Crippen LogP contribution in [0.5, 0.6) is 0 Å². The van der Waals surface area contributed by atoms with E-state index in [9.17, 15) is 14.4 Å². The average molecular weight is 261 g/mol. The van der Waals surface area contributed by atoms with Crippen LogP contribution < -0.4 is 5.32 Å². The van der Waals surface area contributed by atoms with Crippen LogP contribution in [0.15, 0.2) is 0 Å². The highest BCUT2D eigenvalue weighted by molar-refractivity contribution is 5.77. The molecule has 0 saturated carbocycles. The van der Waals surface area contributed by atoms with Crippen LogP contribution in [0, 0.1) is 0 Å². The van der Waals surface area contributed by atoms with Crippen molar-refractivity contribution in [3.8, 4) is 0 Å². The van der Waals surface area contributed by atoms with Gasteiger partial charge in [0.25, 0.3) is 0 Å². The molecule has 0 aromatic heterocycles. The maximum Gasteiger partial charge on any atom is 0.320 e. The van der Waals surface area contributed by atoms with Gasteiger partial charge in [-0.25, -0.2) is 0 Å². The third kappa shape index (κ3) is 8.51. The molecule has 0 unspecified atom stereocenters. The number of carbonyl (C=O) groups excluding carboxylic acids is 1. The number of hydrogen-bond acceptors (Lipinski definition) is 5. The van der Waals surface area contributed by atoms with Crippen molar-refractivity contribution >= 4 is 17.9 Å². The second-order valence-corrected chi connectivity index (χ2v) is 4.79. The van der Waals surface area contributed by atoms with Crippen LogP contribution in [0.3, 0.4) is 0 Å². The van der Waals surface area contributed by atoms with E-state index in [1.165, 1.54) is 0 Å². The van der Waals surface area contributed by atoms with E-state index in [2.05, 4.69) is 5.32 Å². The molecule has 7 nitrogen and oxygen atoms in total. The van der Waals surface area contributed by atoms with Crippen LogP contribution in [-0.2, 0) is 19.1 Å². The zero-order chi connectivity index (χ0) is 14.3. The van der Waals surface area contributed by atoms with E-state index in [-0.39, 0.29) is 19.4 Å². The van der Waals surface area contributed by atoms with Gasteiger partial charge < -0.3 is 14.9 Å². The largest absolute Gasteiger partial charge is 0.481 e. The van der Waals surface area contributed by atoms with E-state index in [0.29, 0.717) is 0 Å². The number of esters is 1. The number of carboxylic acids is 2. The van der Waals surface area contributed by atoms with E-state index < -0.39 is 29.6 Å². The predicted molar refractivity (Wildman–Crippen MR) is 62.1 cm³/mol. The van der Waals surface area contributed by atoms with Crippen LogP contribution in [0.4, 0.5) is 0 Å². The number of carbonyl (C=O) groups is 3. The van der Waals surface area contributed by atoms with E-state index in [4.69, 9.17) is 14.9 Å². The van der Waals surface area contributed by atoms with Crippen molar-refractivity contribution in [2.75, 3.05) is 6.54 Å². The Hall–Kier alpha value is -1.63. The van der Waals surface area contributed by atoms with E-state index in [1.54, 1.807) is 20.8 Å². The molecule has 0 saturated heterocycles. The minimum atomic E-state index is -1.19. The third-order valence-electron chi connectivity index (χ3n) is 1.86. The summed E-state index contributed by atoms with van der Waals surface area (Å²) in [6.07, 6.45) is -0.369. The Morgan fingerprint density at radius 3 is 2.17 bits per heavy atom. The van der Waals surface area contributed by atoms with Gasteiger partial charge in [-0.05, 0) is 27.2 Å². The second kappa shape index (κ2) is 6.95. The van der Waals surface area contributed by atoms with Gasteiger partial charge in [-0.3, -0.25) is 19.7 Å². The van der Waals surface area contributed by atoms with Gasteiger partial charge in [-0.1, -0.05) is 0 Å². The Balaban J connectivity index is 4.15. The van der Waals surface area contributed by atoms with Gasteiger partial charge in [-0.2, -0.15) is 0 Å². The molecule has 0 aromatic carbocycles. The highest BCUT2D eigenvalue weighted by atomic mass is 16.6. The molecule has 0 spiro atoms. The van der Waals surface area contributed by atoms with Crippen molar-refractivity contribution in [3.63, 3.8) is 0 Å². The molecule has 0 radical (unpaired) electrons. The zero-order valence-corrected chi connectivity index (χ0v) is 10.7. The lowest BCUT2D eigenvalue weighted by Gasteiger charge is -2.20. The maximum absolute atomic E-state index is 11.3. The number of carboxylic acid groups (broad SMARTS) is 2. The molecule has 7 heteroatoms. The van der Waals surface area contributed by atoms with Gasteiger partial charge in [0, 0.05) is 6.42 Å². The second-order valence-electron chi connectivity index (χ2n) is 4.79. The Morgan fingerprint density at radius 2 is 1.78 bits per heavy atom. The van der Waals surface area contributed by atoms with Gasteiger partial charge in [0.2, 0.25) is 0 Å². The molecule has 0 aromatic rings. The molecule has 3 N–H and O–H groups in total. The molecular weight excluding hydrogens is 242 g/mol. The summed E-state index contributed by atoms with van der Waals surface area (Å²) in [5.41, 5.74) is -0.640. The summed E-state index contributed by atoms with van der Waals surface area (Å²) in [5, 5.41) is 19.7. The molecule has 0 bridgehead atoms. The van der Waals surface area contributed by atoms with Crippen molar-refractivity contribution in [3.05, 3.63) is 0 Å². The third-order valence-corrected chi connectivity index (χ3v) is 1.86. The molecule has 0 aliphatic rings. The number of rotatable bonds is 7. The van der Waals surface area contributed by atoms with Gasteiger partial charge in [0.1, 0.15) is 11.6 Å². The quantitative estimate of drug-likeness (QED) is 0.562. The van der Waals surface area contributed by atoms with Crippen molar-refractivity contribution in [1.82, 2.24) is 5.32 Å². The lowest BCUT2D eigenvalue weighted by Crippen LogP contribution is -2.41. The minimum absolute atomic E-state index is 0.0898. The van der Waals surface area contributed by atoms with E-state index in [1.807, 2.05) is 0 Å². The predicted octanol–water partition coefficient (Wildman–Crippen LogP) is 0.236. The highest BCUT2D eigenvalue weighted by Crippen LogP contribution is 2.06. The van der Waals surface area contributed by atoms with Crippen molar-refractivity contribution in [2.24, 2.45) is 0 Å². The summed E-state index contributed by atoms with van der Waals surface area (Å²) in [5.74, 6) is -2.86. The molecule has 0 amide bonds. The van der Waals surface area contributed by atoms with Gasteiger partial charge >= 0.3 is 17.9 Å². The van der Waals surface area contributed by atoms with Gasteiger partial charge in [0.05, 0.1) is 6.54 Å². The molecule has 1 atom stereocenters. The fourth-order valence-corrected chi connectivity index (χ4v) is 1.16. The zero-order valence-electron chi connectivity index (χ0n) is 10.7. The van der Waals surface area contributed by atoms with Crippen LogP contribution in [0.25, 0.3) is 0 Å². The van der Waals surface area contributed by atoms with Crippen LogP contribution >= 0.6 is 0 Å². The summed E-state index contributed by atoms with van der Waals surface area (Å²) in [6, 6.07) is -1.08. The molecule has 0 aliphatic heterocycles. The van der Waals surface area contributed by atoms with E-state index in [0.717, 1.165) is 0 Å². The summed E-state index contributed by atoms with van der Waals surface area (Å²) < 4.78 is 4.98. The molecule has 0 aliphatic carbocycles.